The predicted molar refractivity (Wildman–Crippen MR) is 104 cm³/mol. The molecule has 134 valence electrons. The minimum absolute atomic E-state index is 0.00306. The summed E-state index contributed by atoms with van der Waals surface area (Å²) in [5.41, 5.74) is 7.05. The highest BCUT2D eigenvalue weighted by Crippen LogP contribution is 2.17. The molecule has 25 heavy (non-hydrogen) atoms. The second-order valence-corrected chi connectivity index (χ2v) is 5.35. The number of rotatable bonds is 5. The van der Waals surface area contributed by atoms with Crippen LogP contribution in [0.5, 0.6) is 0 Å². The van der Waals surface area contributed by atoms with Gasteiger partial charge in [0.05, 0.1) is 19.9 Å². The molecule has 2 rings (SSSR count). The van der Waals surface area contributed by atoms with E-state index in [0.717, 1.165) is 11.1 Å². The van der Waals surface area contributed by atoms with Gasteiger partial charge in [0.2, 0.25) is 5.91 Å². The van der Waals surface area contributed by atoms with E-state index in [-0.39, 0.29) is 12.6 Å². The van der Waals surface area contributed by atoms with Crippen LogP contribution in [0.4, 0.5) is 0 Å². The van der Waals surface area contributed by atoms with Gasteiger partial charge in [-0.1, -0.05) is 30.3 Å². The first kappa shape index (κ1) is 20.8. The van der Waals surface area contributed by atoms with Gasteiger partial charge in [0.15, 0.2) is 0 Å². The number of aliphatic imine (C=N–C) groups is 2. The van der Waals surface area contributed by atoms with Gasteiger partial charge in [-0.05, 0) is 30.5 Å². The molecule has 0 atom stereocenters. The summed E-state index contributed by atoms with van der Waals surface area (Å²) in [6.07, 6.45) is 4.61. The molecule has 1 aromatic carbocycles. The van der Waals surface area contributed by atoms with Crippen molar-refractivity contribution in [3.05, 3.63) is 53.7 Å². The summed E-state index contributed by atoms with van der Waals surface area (Å²) >= 11 is 5.88. The zero-order chi connectivity index (χ0) is 18.5. The Kier molecular flexibility index (Phi) is 10.1. The number of allylic oxidation sites excluding steroid dienone is 1. The lowest BCUT2D eigenvalue weighted by molar-refractivity contribution is -0.129. The van der Waals surface area contributed by atoms with Gasteiger partial charge in [-0.3, -0.25) is 14.8 Å². The maximum atomic E-state index is 10.9. The van der Waals surface area contributed by atoms with Crippen molar-refractivity contribution >= 4 is 36.0 Å². The third-order valence-corrected chi connectivity index (χ3v) is 3.46. The minimum atomic E-state index is 0.00306. The van der Waals surface area contributed by atoms with Gasteiger partial charge >= 0.3 is 0 Å². The smallest absolute Gasteiger partial charge is 0.246 e. The number of hydrogen-bond acceptors (Lipinski definition) is 5. The normalized spacial score (nSPS) is 14.6. The number of morpholine rings is 1. The van der Waals surface area contributed by atoms with E-state index in [1.54, 1.807) is 17.3 Å². The number of carbonyl (C=O) groups is 1. The SMILES string of the molecule is C=CC(=O)N1CCOCC1.C=N/C=C(\C=N/CN)c1cccc(Cl)c1. The molecule has 7 heteroatoms. The molecule has 0 saturated carbocycles. The van der Waals surface area contributed by atoms with Gasteiger partial charge < -0.3 is 15.4 Å². The van der Waals surface area contributed by atoms with Crippen molar-refractivity contribution in [1.82, 2.24) is 4.90 Å². The number of benzene rings is 1. The lowest BCUT2D eigenvalue weighted by Gasteiger charge is -2.25. The number of amides is 1. The van der Waals surface area contributed by atoms with Crippen molar-refractivity contribution in [2.24, 2.45) is 15.7 Å². The minimum Gasteiger partial charge on any atom is -0.378 e. The van der Waals surface area contributed by atoms with Crippen LogP contribution in [0.15, 0.2) is 53.1 Å². The Labute approximate surface area is 153 Å². The highest BCUT2D eigenvalue weighted by molar-refractivity contribution is 6.31. The second kappa shape index (κ2) is 12.1. The first-order valence-corrected chi connectivity index (χ1v) is 8.11. The van der Waals surface area contributed by atoms with Crippen LogP contribution in [0, 0.1) is 0 Å². The van der Waals surface area contributed by atoms with E-state index in [1.807, 2.05) is 24.3 Å². The number of nitrogens with zero attached hydrogens (tertiary/aromatic N) is 3. The van der Waals surface area contributed by atoms with Gasteiger partial charge in [0.25, 0.3) is 0 Å². The van der Waals surface area contributed by atoms with E-state index in [0.29, 0.717) is 31.3 Å². The number of hydrogen-bond donors (Lipinski definition) is 1. The van der Waals surface area contributed by atoms with Crippen LogP contribution in [-0.2, 0) is 9.53 Å². The molecule has 0 radical (unpaired) electrons. The molecule has 1 saturated heterocycles. The zero-order valence-corrected chi connectivity index (χ0v) is 14.9. The Morgan fingerprint density at radius 3 is 2.68 bits per heavy atom. The largest absolute Gasteiger partial charge is 0.378 e. The number of nitrogens with two attached hydrogens (primary N) is 1. The maximum absolute atomic E-state index is 10.9. The molecule has 2 N–H and O–H groups in total. The van der Waals surface area contributed by atoms with Crippen molar-refractivity contribution in [3.63, 3.8) is 0 Å². The van der Waals surface area contributed by atoms with Crippen molar-refractivity contribution in [3.8, 4) is 0 Å². The highest BCUT2D eigenvalue weighted by Gasteiger charge is 2.12. The Morgan fingerprint density at radius 1 is 1.40 bits per heavy atom. The Hall–Kier alpha value is -2.28. The molecule has 1 fully saturated rings. The van der Waals surface area contributed by atoms with Crippen molar-refractivity contribution in [2.45, 2.75) is 0 Å². The van der Waals surface area contributed by atoms with Gasteiger partial charge in [-0.15, -0.1) is 0 Å². The quantitative estimate of drug-likeness (QED) is 0.645. The molecule has 1 aromatic rings. The third kappa shape index (κ3) is 7.89. The van der Waals surface area contributed by atoms with Crippen molar-refractivity contribution in [2.75, 3.05) is 33.0 Å². The molecule has 0 spiro atoms. The van der Waals surface area contributed by atoms with Crippen LogP contribution in [-0.4, -0.2) is 56.7 Å². The molecule has 1 aliphatic rings. The van der Waals surface area contributed by atoms with E-state index in [9.17, 15) is 4.79 Å². The molecule has 1 aliphatic heterocycles. The molecular weight excluding hydrogens is 340 g/mol. The fraction of sp³-hybridized carbons (Fsp3) is 0.278. The molecule has 1 amide bonds. The lowest BCUT2D eigenvalue weighted by Crippen LogP contribution is -2.39. The Morgan fingerprint density at radius 2 is 2.12 bits per heavy atom. The van der Waals surface area contributed by atoms with Crippen LogP contribution in [0.2, 0.25) is 5.02 Å². The summed E-state index contributed by atoms with van der Waals surface area (Å²) in [5, 5.41) is 0.670. The van der Waals surface area contributed by atoms with E-state index < -0.39 is 0 Å². The summed E-state index contributed by atoms with van der Waals surface area (Å²) in [6, 6.07) is 7.43. The molecule has 1 heterocycles. The van der Waals surface area contributed by atoms with Crippen LogP contribution in [0.1, 0.15) is 5.56 Å². The van der Waals surface area contributed by atoms with Gasteiger partial charge in [0.1, 0.15) is 0 Å². The van der Waals surface area contributed by atoms with Crippen molar-refractivity contribution in [1.29, 1.82) is 0 Å². The fourth-order valence-electron chi connectivity index (χ4n) is 2.01. The number of carbonyl (C=O) groups excluding carboxylic acids is 1. The van der Waals surface area contributed by atoms with E-state index in [2.05, 4.69) is 23.3 Å². The van der Waals surface area contributed by atoms with E-state index >= 15 is 0 Å². The third-order valence-electron chi connectivity index (χ3n) is 3.22. The van der Waals surface area contributed by atoms with E-state index in [1.165, 1.54) is 6.08 Å². The number of halogens is 1. The van der Waals surface area contributed by atoms with E-state index in [4.69, 9.17) is 22.1 Å². The zero-order valence-electron chi connectivity index (χ0n) is 14.1. The average molecular weight is 363 g/mol. The standard InChI is InChI=1S/C11H12ClN3.C7H11NO2/c1-14-6-10(7-15-8-13)9-3-2-4-11(12)5-9;1-2-7(9)8-3-5-10-6-4-8/h2-7H,1,8,13H2;2H,1,3-6H2/b10-6+,15-7-;. The monoisotopic (exact) mass is 362 g/mol. The molecule has 0 bridgehead atoms. The Balaban J connectivity index is 0.000000271. The first-order chi connectivity index (χ1) is 12.1. The van der Waals surface area contributed by atoms with Crippen LogP contribution in [0.3, 0.4) is 0 Å². The Bertz CT molecular complexity index is 638. The van der Waals surface area contributed by atoms with Crippen LogP contribution < -0.4 is 5.73 Å². The second-order valence-electron chi connectivity index (χ2n) is 4.91. The summed E-state index contributed by atoms with van der Waals surface area (Å²) in [7, 11) is 0. The summed E-state index contributed by atoms with van der Waals surface area (Å²) < 4.78 is 5.07. The summed E-state index contributed by atoms with van der Waals surface area (Å²) in [5.74, 6) is 0.00306. The molecular formula is C18H23ClN4O2. The molecule has 0 aromatic heterocycles. The van der Waals surface area contributed by atoms with Crippen LogP contribution >= 0.6 is 11.6 Å². The summed E-state index contributed by atoms with van der Waals surface area (Å²) in [4.78, 5) is 20.3. The van der Waals surface area contributed by atoms with Gasteiger partial charge in [-0.25, -0.2) is 0 Å². The van der Waals surface area contributed by atoms with Gasteiger partial charge in [0, 0.05) is 36.1 Å². The number of ether oxygens (including phenoxy) is 1. The maximum Gasteiger partial charge on any atom is 0.246 e. The van der Waals surface area contributed by atoms with Crippen LogP contribution in [0.25, 0.3) is 5.57 Å². The molecule has 0 unspecified atom stereocenters. The average Bonchev–Trinajstić information content (AvgIpc) is 2.65. The van der Waals surface area contributed by atoms with Crippen molar-refractivity contribution < 1.29 is 9.53 Å². The lowest BCUT2D eigenvalue weighted by atomic mass is 10.1. The highest BCUT2D eigenvalue weighted by atomic mass is 35.5. The van der Waals surface area contributed by atoms with Gasteiger partial charge in [-0.2, -0.15) is 0 Å². The predicted octanol–water partition coefficient (Wildman–Crippen LogP) is 2.40. The molecule has 6 nitrogen and oxygen atoms in total. The topological polar surface area (TPSA) is 80.3 Å². The first-order valence-electron chi connectivity index (χ1n) is 7.73. The fourth-order valence-corrected chi connectivity index (χ4v) is 2.20. The molecule has 0 aliphatic carbocycles. The summed E-state index contributed by atoms with van der Waals surface area (Å²) in [6.45, 7) is 9.76.